The van der Waals surface area contributed by atoms with E-state index >= 15 is 0 Å². The Morgan fingerprint density at radius 2 is 1.52 bits per heavy atom. The van der Waals surface area contributed by atoms with E-state index in [-0.39, 0.29) is 0 Å². The fraction of sp³-hybridized carbons (Fsp3) is 0.586. The predicted molar refractivity (Wildman–Crippen MR) is 146 cm³/mol. The second kappa shape index (κ2) is 14.1. The fourth-order valence-electron chi connectivity index (χ4n) is 4.74. The summed E-state index contributed by atoms with van der Waals surface area (Å²) in [5.74, 6) is 3.81. The average molecular weight is 455 g/mol. The number of allylic oxidation sites excluding steroid dienone is 3. The molecular weight excluding hydrogens is 408 g/mol. The van der Waals surface area contributed by atoms with E-state index in [2.05, 4.69) is 104 Å². The summed E-state index contributed by atoms with van der Waals surface area (Å²) in [5, 5.41) is 0. The van der Waals surface area contributed by atoms with Crippen molar-refractivity contribution in [3.63, 3.8) is 0 Å². The van der Waals surface area contributed by atoms with Crippen LogP contribution in [0.2, 0.25) is 16.6 Å². The van der Waals surface area contributed by atoms with Crippen LogP contribution in [-0.2, 0) is 0 Å². The fourth-order valence-corrected chi connectivity index (χ4v) is 11.0. The van der Waals surface area contributed by atoms with Crippen molar-refractivity contribution in [3.05, 3.63) is 53.0 Å². The number of thioether (sulfide) groups is 1. The zero-order valence-corrected chi connectivity index (χ0v) is 23.3. The number of hydrogen-bond donors (Lipinski definition) is 0. The summed E-state index contributed by atoms with van der Waals surface area (Å²) in [6.07, 6.45) is 7.14. The van der Waals surface area contributed by atoms with Crippen LogP contribution in [0.5, 0.6) is 0 Å². The number of unbranched alkanes of at least 4 members (excludes halogenated alkanes) is 3. The van der Waals surface area contributed by atoms with Crippen molar-refractivity contribution in [2.75, 3.05) is 0 Å². The van der Waals surface area contributed by atoms with Gasteiger partial charge in [-0.2, -0.15) is 0 Å². The zero-order valence-electron chi connectivity index (χ0n) is 21.5. The van der Waals surface area contributed by atoms with Crippen LogP contribution in [0, 0.1) is 11.5 Å². The Labute approximate surface area is 199 Å². The SMILES string of the molecule is C=C(C)C/C(C#C[Si](C(C)C)(C(C)C)C(C)C)=C(/CCCCCC)Sc1ccccc1. The summed E-state index contributed by atoms with van der Waals surface area (Å²) in [5.41, 5.74) is 8.46. The van der Waals surface area contributed by atoms with Gasteiger partial charge in [0.25, 0.3) is 0 Å². The second-order valence-electron chi connectivity index (χ2n) is 9.91. The first-order valence-electron chi connectivity index (χ1n) is 12.3. The van der Waals surface area contributed by atoms with Crippen LogP contribution >= 0.6 is 11.8 Å². The molecule has 172 valence electrons. The van der Waals surface area contributed by atoms with E-state index < -0.39 is 8.07 Å². The minimum Gasteiger partial charge on any atom is -0.125 e. The number of benzene rings is 1. The molecule has 0 aliphatic carbocycles. The van der Waals surface area contributed by atoms with E-state index in [0.29, 0.717) is 16.6 Å². The second-order valence-corrected chi connectivity index (χ2v) is 16.7. The molecule has 1 rings (SSSR count). The van der Waals surface area contributed by atoms with E-state index in [0.717, 1.165) is 12.8 Å². The van der Waals surface area contributed by atoms with E-state index in [1.807, 2.05) is 11.8 Å². The molecule has 0 spiro atoms. The van der Waals surface area contributed by atoms with Gasteiger partial charge >= 0.3 is 0 Å². The van der Waals surface area contributed by atoms with E-state index in [9.17, 15) is 0 Å². The van der Waals surface area contributed by atoms with Gasteiger partial charge in [-0.25, -0.2) is 0 Å². The Hall–Kier alpha value is -1.17. The van der Waals surface area contributed by atoms with Gasteiger partial charge in [-0.05, 0) is 48.5 Å². The highest BCUT2D eigenvalue weighted by Crippen LogP contribution is 2.41. The summed E-state index contributed by atoms with van der Waals surface area (Å²) in [6, 6.07) is 10.8. The van der Waals surface area contributed by atoms with Crippen LogP contribution in [0.3, 0.4) is 0 Å². The van der Waals surface area contributed by atoms with Gasteiger partial charge in [0.15, 0.2) is 0 Å². The Kier molecular flexibility index (Phi) is 12.6. The maximum absolute atomic E-state index is 4.24. The van der Waals surface area contributed by atoms with Gasteiger partial charge in [-0.3, -0.25) is 0 Å². The molecule has 1 aromatic carbocycles. The lowest BCUT2D eigenvalue weighted by molar-refractivity contribution is 0.671. The standard InChI is InChI=1S/C29H46SSi/c1-10-11-12-16-19-29(30-28-17-14-13-15-18-28)27(22-23(2)3)20-21-31(24(4)5,25(6)7)26(8)9/h13-15,17-18,24-26H,2,10-12,16,19,22H2,1,3-9H3/b29-27-. The quantitative estimate of drug-likeness (QED) is 0.0994. The summed E-state index contributed by atoms with van der Waals surface area (Å²) in [7, 11) is -1.76. The van der Waals surface area contributed by atoms with Gasteiger partial charge in [0, 0.05) is 21.8 Å². The van der Waals surface area contributed by atoms with Crippen molar-refractivity contribution >= 4 is 19.8 Å². The smallest absolute Gasteiger partial charge is 0.125 e. The van der Waals surface area contributed by atoms with Gasteiger partial charge in [0.1, 0.15) is 8.07 Å². The Morgan fingerprint density at radius 1 is 0.935 bits per heavy atom. The van der Waals surface area contributed by atoms with Crippen molar-refractivity contribution in [2.45, 2.75) is 115 Å². The maximum Gasteiger partial charge on any atom is 0.146 e. The summed E-state index contributed by atoms with van der Waals surface area (Å²) in [6.45, 7) is 23.0. The first-order chi connectivity index (χ1) is 14.6. The first-order valence-corrected chi connectivity index (χ1v) is 15.3. The lowest BCUT2D eigenvalue weighted by atomic mass is 10.1. The van der Waals surface area contributed by atoms with Crippen molar-refractivity contribution < 1.29 is 0 Å². The Morgan fingerprint density at radius 3 is 2.00 bits per heavy atom. The van der Waals surface area contributed by atoms with Gasteiger partial charge in [0.05, 0.1) is 0 Å². The van der Waals surface area contributed by atoms with Gasteiger partial charge in [0.2, 0.25) is 0 Å². The zero-order chi connectivity index (χ0) is 23.4. The summed E-state index contributed by atoms with van der Waals surface area (Å²) in [4.78, 5) is 2.77. The molecule has 0 aliphatic heterocycles. The van der Waals surface area contributed by atoms with Crippen molar-refractivity contribution in [1.82, 2.24) is 0 Å². The molecule has 31 heavy (non-hydrogen) atoms. The molecular formula is C29H46SSi. The molecule has 0 aliphatic rings. The van der Waals surface area contributed by atoms with Crippen LogP contribution in [0.25, 0.3) is 0 Å². The highest BCUT2D eigenvalue weighted by Gasteiger charge is 2.41. The molecule has 0 radical (unpaired) electrons. The highest BCUT2D eigenvalue weighted by atomic mass is 32.2. The average Bonchev–Trinajstić information content (AvgIpc) is 2.69. The van der Waals surface area contributed by atoms with Crippen molar-refractivity contribution in [2.24, 2.45) is 0 Å². The van der Waals surface area contributed by atoms with Gasteiger partial charge in [-0.1, -0.05) is 116 Å². The maximum atomic E-state index is 4.24. The molecule has 0 heterocycles. The van der Waals surface area contributed by atoms with E-state index in [1.54, 1.807) is 0 Å². The molecule has 2 heteroatoms. The van der Waals surface area contributed by atoms with Crippen LogP contribution in [0.15, 0.2) is 57.9 Å². The van der Waals surface area contributed by atoms with E-state index in [4.69, 9.17) is 0 Å². The molecule has 0 aromatic heterocycles. The molecule has 0 N–H and O–H groups in total. The highest BCUT2D eigenvalue weighted by molar-refractivity contribution is 8.03. The van der Waals surface area contributed by atoms with E-state index in [1.165, 1.54) is 46.6 Å². The minimum atomic E-state index is -1.76. The monoisotopic (exact) mass is 454 g/mol. The Bertz CT molecular complexity index is 737. The largest absolute Gasteiger partial charge is 0.146 e. The molecule has 0 nitrogen and oxygen atoms in total. The van der Waals surface area contributed by atoms with Crippen molar-refractivity contribution in [3.8, 4) is 11.5 Å². The number of rotatable bonds is 12. The minimum absolute atomic E-state index is 0.654. The van der Waals surface area contributed by atoms with Gasteiger partial charge < -0.3 is 0 Å². The molecule has 0 amide bonds. The van der Waals surface area contributed by atoms with Crippen LogP contribution < -0.4 is 0 Å². The summed E-state index contributed by atoms with van der Waals surface area (Å²) < 4.78 is 0. The third-order valence-corrected chi connectivity index (χ3v) is 13.8. The van der Waals surface area contributed by atoms with Crippen molar-refractivity contribution in [1.29, 1.82) is 0 Å². The number of hydrogen-bond acceptors (Lipinski definition) is 1. The molecule has 1 aromatic rings. The van der Waals surface area contributed by atoms with Crippen LogP contribution in [-0.4, -0.2) is 8.07 Å². The third-order valence-electron chi connectivity index (χ3n) is 6.35. The van der Waals surface area contributed by atoms with Crippen LogP contribution in [0.4, 0.5) is 0 Å². The molecule has 0 fully saturated rings. The lowest BCUT2D eigenvalue weighted by Gasteiger charge is -2.38. The topological polar surface area (TPSA) is 0 Å². The predicted octanol–water partition coefficient (Wildman–Crippen LogP) is 10.2. The lowest BCUT2D eigenvalue weighted by Crippen LogP contribution is -2.43. The molecule has 0 saturated carbocycles. The summed E-state index contributed by atoms with van der Waals surface area (Å²) >= 11 is 1.92. The molecule has 0 unspecified atom stereocenters. The first kappa shape index (κ1) is 27.9. The Balaban J connectivity index is 3.49. The third kappa shape index (κ3) is 8.70. The molecule has 0 atom stereocenters. The van der Waals surface area contributed by atoms with Gasteiger partial charge in [-0.15, -0.1) is 5.54 Å². The molecule has 0 bridgehead atoms. The van der Waals surface area contributed by atoms with Crippen LogP contribution in [0.1, 0.15) is 93.9 Å². The molecule has 0 saturated heterocycles. The normalized spacial score (nSPS) is 12.7.